The Morgan fingerprint density at radius 2 is 2.19 bits per heavy atom. The molecule has 0 radical (unpaired) electrons. The smallest absolute Gasteiger partial charge is 0.127 e. The van der Waals surface area contributed by atoms with E-state index in [2.05, 4.69) is 22.9 Å². The molecule has 0 bridgehead atoms. The SMILES string of the molecule is CC(CCl)(Cc1ccc(Br)cc1F)C1CC1. The predicted octanol–water partition coefficient (Wildman–Crippen LogP) is 4.79. The van der Waals surface area contributed by atoms with Crippen LogP contribution in [0.2, 0.25) is 0 Å². The van der Waals surface area contributed by atoms with Crippen LogP contribution in [0.25, 0.3) is 0 Å². The van der Waals surface area contributed by atoms with Crippen molar-refractivity contribution in [3.8, 4) is 0 Å². The lowest BCUT2D eigenvalue weighted by Gasteiger charge is -2.27. The third-order valence-corrected chi connectivity index (χ3v) is 4.58. The van der Waals surface area contributed by atoms with E-state index in [0.29, 0.717) is 11.8 Å². The van der Waals surface area contributed by atoms with Crippen LogP contribution < -0.4 is 0 Å². The number of halogens is 3. The molecule has 1 fully saturated rings. The minimum Gasteiger partial charge on any atom is -0.207 e. The van der Waals surface area contributed by atoms with Crippen molar-refractivity contribution in [3.63, 3.8) is 0 Å². The van der Waals surface area contributed by atoms with E-state index in [1.54, 1.807) is 0 Å². The van der Waals surface area contributed by atoms with Gasteiger partial charge in [-0.1, -0.05) is 28.9 Å². The Balaban J connectivity index is 2.18. The largest absolute Gasteiger partial charge is 0.207 e. The second-order valence-corrected chi connectivity index (χ2v) is 6.16. The average Bonchev–Trinajstić information content (AvgIpc) is 3.06. The third-order valence-electron chi connectivity index (χ3n) is 3.48. The minimum absolute atomic E-state index is 0.0518. The summed E-state index contributed by atoms with van der Waals surface area (Å²) in [5.41, 5.74) is 0.828. The number of hydrogen-bond acceptors (Lipinski definition) is 0. The molecule has 0 amide bonds. The van der Waals surface area contributed by atoms with E-state index in [0.717, 1.165) is 16.5 Å². The van der Waals surface area contributed by atoms with Crippen LogP contribution >= 0.6 is 27.5 Å². The summed E-state index contributed by atoms with van der Waals surface area (Å²) in [6.45, 7) is 2.17. The zero-order chi connectivity index (χ0) is 11.8. The van der Waals surface area contributed by atoms with Crippen LogP contribution in [-0.2, 0) is 6.42 Å². The fourth-order valence-corrected chi connectivity index (χ4v) is 2.83. The molecule has 1 unspecified atom stereocenters. The van der Waals surface area contributed by atoms with Crippen molar-refractivity contribution < 1.29 is 4.39 Å². The summed E-state index contributed by atoms with van der Waals surface area (Å²) in [6, 6.07) is 5.27. The molecule has 0 aliphatic heterocycles. The summed E-state index contributed by atoms with van der Waals surface area (Å²) < 4.78 is 14.5. The van der Waals surface area contributed by atoms with Crippen LogP contribution in [0.3, 0.4) is 0 Å². The summed E-state index contributed by atoms with van der Waals surface area (Å²) >= 11 is 9.31. The van der Waals surface area contributed by atoms with Gasteiger partial charge in [0.15, 0.2) is 0 Å². The molecule has 1 aromatic carbocycles. The zero-order valence-corrected chi connectivity index (χ0v) is 11.6. The number of hydrogen-bond donors (Lipinski definition) is 0. The van der Waals surface area contributed by atoms with Crippen LogP contribution in [0.1, 0.15) is 25.3 Å². The summed E-state index contributed by atoms with van der Waals surface area (Å²) in [4.78, 5) is 0. The second-order valence-electron chi connectivity index (χ2n) is 4.97. The Labute approximate surface area is 109 Å². The highest BCUT2D eigenvalue weighted by molar-refractivity contribution is 9.10. The van der Waals surface area contributed by atoms with Crippen molar-refractivity contribution in [2.45, 2.75) is 26.2 Å². The molecular weight excluding hydrogens is 290 g/mol. The predicted molar refractivity (Wildman–Crippen MR) is 69.4 cm³/mol. The molecule has 0 nitrogen and oxygen atoms in total. The molecule has 2 rings (SSSR count). The molecule has 0 aromatic heterocycles. The third kappa shape index (κ3) is 2.60. The van der Waals surface area contributed by atoms with Crippen molar-refractivity contribution in [2.75, 3.05) is 5.88 Å². The van der Waals surface area contributed by atoms with E-state index in [1.807, 2.05) is 12.1 Å². The van der Waals surface area contributed by atoms with Crippen LogP contribution in [0.4, 0.5) is 4.39 Å². The van der Waals surface area contributed by atoms with E-state index >= 15 is 0 Å². The van der Waals surface area contributed by atoms with Crippen LogP contribution in [0.15, 0.2) is 22.7 Å². The van der Waals surface area contributed by atoms with Crippen molar-refractivity contribution in [1.29, 1.82) is 0 Å². The Morgan fingerprint density at radius 3 is 2.69 bits per heavy atom. The molecule has 0 N–H and O–H groups in total. The van der Waals surface area contributed by atoms with Crippen molar-refractivity contribution in [1.82, 2.24) is 0 Å². The van der Waals surface area contributed by atoms with Gasteiger partial charge < -0.3 is 0 Å². The molecule has 0 heterocycles. The first-order valence-electron chi connectivity index (χ1n) is 5.55. The number of rotatable bonds is 4. The molecule has 1 aliphatic rings. The Bertz CT molecular complexity index is 390. The maximum atomic E-state index is 13.7. The lowest BCUT2D eigenvalue weighted by Crippen LogP contribution is -2.24. The molecule has 1 aromatic rings. The molecule has 1 saturated carbocycles. The average molecular weight is 306 g/mol. The molecule has 1 atom stereocenters. The van der Waals surface area contributed by atoms with Gasteiger partial charge in [0.2, 0.25) is 0 Å². The normalized spacial score (nSPS) is 19.5. The number of benzene rings is 1. The van der Waals surface area contributed by atoms with E-state index in [4.69, 9.17) is 11.6 Å². The summed E-state index contributed by atoms with van der Waals surface area (Å²) in [5.74, 6) is 1.15. The van der Waals surface area contributed by atoms with Crippen molar-refractivity contribution in [2.24, 2.45) is 11.3 Å². The Hall–Kier alpha value is -0.0800. The van der Waals surface area contributed by atoms with Gasteiger partial charge in [0.1, 0.15) is 5.82 Å². The lowest BCUT2D eigenvalue weighted by molar-refractivity contribution is 0.309. The first kappa shape index (κ1) is 12.4. The van der Waals surface area contributed by atoms with Gasteiger partial charge in [-0.25, -0.2) is 4.39 Å². The van der Waals surface area contributed by atoms with E-state index < -0.39 is 0 Å². The summed E-state index contributed by atoms with van der Waals surface area (Å²) in [5, 5.41) is 0. The van der Waals surface area contributed by atoms with Crippen LogP contribution in [0.5, 0.6) is 0 Å². The van der Waals surface area contributed by atoms with Gasteiger partial charge in [0.05, 0.1) is 0 Å². The van der Waals surface area contributed by atoms with Crippen molar-refractivity contribution in [3.05, 3.63) is 34.1 Å². The molecule has 88 valence electrons. The first-order chi connectivity index (χ1) is 7.55. The molecule has 3 heteroatoms. The van der Waals surface area contributed by atoms with Gasteiger partial charge >= 0.3 is 0 Å². The molecule has 1 aliphatic carbocycles. The van der Waals surface area contributed by atoms with E-state index in [-0.39, 0.29) is 11.2 Å². The van der Waals surface area contributed by atoms with Gasteiger partial charge in [-0.05, 0) is 48.3 Å². The Morgan fingerprint density at radius 1 is 1.50 bits per heavy atom. The first-order valence-corrected chi connectivity index (χ1v) is 6.88. The Kier molecular flexibility index (Phi) is 3.60. The van der Waals surface area contributed by atoms with Crippen LogP contribution in [0, 0.1) is 17.2 Å². The zero-order valence-electron chi connectivity index (χ0n) is 9.27. The molecular formula is C13H15BrClF. The van der Waals surface area contributed by atoms with Gasteiger partial charge in [-0.15, -0.1) is 11.6 Å². The molecule has 16 heavy (non-hydrogen) atoms. The van der Waals surface area contributed by atoms with E-state index in [9.17, 15) is 4.39 Å². The quantitative estimate of drug-likeness (QED) is 0.702. The second kappa shape index (κ2) is 4.66. The van der Waals surface area contributed by atoms with Gasteiger partial charge in [0, 0.05) is 10.4 Å². The topological polar surface area (TPSA) is 0 Å². The monoisotopic (exact) mass is 304 g/mol. The number of alkyl halides is 1. The van der Waals surface area contributed by atoms with Gasteiger partial charge in [-0.2, -0.15) is 0 Å². The summed E-state index contributed by atoms with van der Waals surface area (Å²) in [7, 11) is 0. The van der Waals surface area contributed by atoms with E-state index in [1.165, 1.54) is 18.9 Å². The molecule has 0 spiro atoms. The fourth-order valence-electron chi connectivity index (χ4n) is 2.18. The van der Waals surface area contributed by atoms with Crippen LogP contribution in [-0.4, -0.2) is 5.88 Å². The maximum Gasteiger partial charge on any atom is 0.127 e. The van der Waals surface area contributed by atoms with Gasteiger partial charge in [-0.3, -0.25) is 0 Å². The fraction of sp³-hybridized carbons (Fsp3) is 0.538. The standard InChI is InChI=1S/C13H15BrClF/c1-13(8-15,10-3-4-10)7-9-2-5-11(14)6-12(9)16/h2,5-6,10H,3-4,7-8H2,1H3. The summed E-state index contributed by atoms with van der Waals surface area (Å²) in [6.07, 6.45) is 3.21. The highest BCUT2D eigenvalue weighted by Gasteiger charge is 2.41. The highest BCUT2D eigenvalue weighted by atomic mass is 79.9. The lowest BCUT2D eigenvalue weighted by atomic mass is 9.81. The maximum absolute atomic E-state index is 13.7. The van der Waals surface area contributed by atoms with Crippen molar-refractivity contribution >= 4 is 27.5 Å². The molecule has 0 saturated heterocycles. The minimum atomic E-state index is -0.133. The highest BCUT2D eigenvalue weighted by Crippen LogP contribution is 2.48. The van der Waals surface area contributed by atoms with Gasteiger partial charge in [0.25, 0.3) is 0 Å².